The molecular formula is C11H22N2. The van der Waals surface area contributed by atoms with Crippen LogP contribution in [-0.4, -0.2) is 30.1 Å². The second-order valence-corrected chi connectivity index (χ2v) is 4.85. The molecule has 13 heavy (non-hydrogen) atoms. The largest absolute Gasteiger partial charge is 0.330 e. The average Bonchev–Trinajstić information content (AvgIpc) is 2.41. The Morgan fingerprint density at radius 2 is 1.85 bits per heavy atom. The molecule has 0 saturated carbocycles. The predicted octanol–water partition coefficient (Wildman–Crippen LogP) is 1.60. The van der Waals surface area contributed by atoms with E-state index in [1.807, 2.05) is 0 Å². The molecule has 0 aromatic carbocycles. The fourth-order valence-corrected chi connectivity index (χ4v) is 2.96. The highest BCUT2D eigenvalue weighted by Crippen LogP contribution is 2.35. The molecule has 2 saturated heterocycles. The fraction of sp³-hybridized carbons (Fsp3) is 1.00. The Morgan fingerprint density at radius 3 is 2.38 bits per heavy atom. The maximum Gasteiger partial charge on any atom is 0.00989 e. The van der Waals surface area contributed by atoms with E-state index < -0.39 is 0 Å². The summed E-state index contributed by atoms with van der Waals surface area (Å²) in [5.74, 6) is 0.682. The molecule has 2 heterocycles. The zero-order valence-corrected chi connectivity index (χ0v) is 8.71. The molecule has 0 aromatic rings. The molecule has 2 fully saturated rings. The molecule has 3 unspecified atom stereocenters. The quantitative estimate of drug-likeness (QED) is 0.718. The van der Waals surface area contributed by atoms with E-state index in [1.165, 1.54) is 38.6 Å². The van der Waals surface area contributed by atoms with Crippen molar-refractivity contribution in [2.45, 2.75) is 51.1 Å². The van der Waals surface area contributed by atoms with Crippen molar-refractivity contribution in [3.63, 3.8) is 0 Å². The van der Waals surface area contributed by atoms with Crippen LogP contribution < -0.4 is 5.73 Å². The van der Waals surface area contributed by atoms with Crippen molar-refractivity contribution in [3.8, 4) is 0 Å². The van der Waals surface area contributed by atoms with Crippen LogP contribution in [-0.2, 0) is 0 Å². The lowest BCUT2D eigenvalue weighted by Crippen LogP contribution is -2.43. The highest BCUT2D eigenvalue weighted by Gasteiger charge is 2.36. The van der Waals surface area contributed by atoms with E-state index in [1.54, 1.807) is 0 Å². The van der Waals surface area contributed by atoms with E-state index in [4.69, 9.17) is 5.73 Å². The van der Waals surface area contributed by atoms with E-state index in [0.717, 1.165) is 18.6 Å². The van der Waals surface area contributed by atoms with Crippen LogP contribution in [0.3, 0.4) is 0 Å². The van der Waals surface area contributed by atoms with Crippen LogP contribution >= 0.6 is 0 Å². The lowest BCUT2D eigenvalue weighted by Gasteiger charge is -2.36. The third kappa shape index (κ3) is 1.89. The van der Waals surface area contributed by atoms with E-state index in [-0.39, 0.29) is 0 Å². The standard InChI is InChI=1S/C11H22N2/c1-9(7-12)8-13-10-3-2-4-11(13)6-5-10/h9-11H,2-8,12H2,1H3. The van der Waals surface area contributed by atoms with Gasteiger partial charge in [0, 0.05) is 18.6 Å². The second-order valence-electron chi connectivity index (χ2n) is 4.85. The van der Waals surface area contributed by atoms with Crippen LogP contribution in [0.25, 0.3) is 0 Å². The van der Waals surface area contributed by atoms with Crippen LogP contribution in [0.5, 0.6) is 0 Å². The van der Waals surface area contributed by atoms with Gasteiger partial charge in [0.15, 0.2) is 0 Å². The normalized spacial score (nSPS) is 36.5. The van der Waals surface area contributed by atoms with Crippen LogP contribution in [0, 0.1) is 5.92 Å². The van der Waals surface area contributed by atoms with Crippen molar-refractivity contribution < 1.29 is 0 Å². The number of nitrogens with zero attached hydrogens (tertiary/aromatic N) is 1. The molecule has 3 atom stereocenters. The molecule has 0 aromatic heterocycles. The first kappa shape index (κ1) is 9.47. The first-order valence-electron chi connectivity index (χ1n) is 5.77. The molecule has 76 valence electrons. The van der Waals surface area contributed by atoms with E-state index in [2.05, 4.69) is 11.8 Å². The minimum absolute atomic E-state index is 0.682. The van der Waals surface area contributed by atoms with Gasteiger partial charge in [0.05, 0.1) is 0 Å². The zero-order valence-electron chi connectivity index (χ0n) is 8.71. The summed E-state index contributed by atoms with van der Waals surface area (Å²) in [7, 11) is 0. The minimum atomic E-state index is 0.682. The Morgan fingerprint density at radius 1 is 1.23 bits per heavy atom. The molecule has 2 rings (SSSR count). The molecule has 2 nitrogen and oxygen atoms in total. The predicted molar refractivity (Wildman–Crippen MR) is 55.6 cm³/mol. The van der Waals surface area contributed by atoms with E-state index in [0.29, 0.717) is 5.92 Å². The molecule has 2 N–H and O–H groups in total. The van der Waals surface area contributed by atoms with Gasteiger partial charge in [-0.25, -0.2) is 0 Å². The van der Waals surface area contributed by atoms with Crippen LogP contribution in [0.4, 0.5) is 0 Å². The van der Waals surface area contributed by atoms with Gasteiger partial charge in [0.2, 0.25) is 0 Å². The Labute approximate surface area is 81.5 Å². The smallest absolute Gasteiger partial charge is 0.00989 e. The van der Waals surface area contributed by atoms with Gasteiger partial charge in [-0.15, -0.1) is 0 Å². The lowest BCUT2D eigenvalue weighted by molar-refractivity contribution is 0.122. The maximum atomic E-state index is 5.67. The van der Waals surface area contributed by atoms with Gasteiger partial charge in [-0.05, 0) is 38.1 Å². The minimum Gasteiger partial charge on any atom is -0.330 e. The molecule has 2 heteroatoms. The molecule has 2 bridgehead atoms. The maximum absolute atomic E-state index is 5.67. The molecule has 0 spiro atoms. The van der Waals surface area contributed by atoms with Gasteiger partial charge < -0.3 is 5.73 Å². The number of fused-ring (bicyclic) bond motifs is 2. The number of nitrogens with two attached hydrogens (primary N) is 1. The zero-order chi connectivity index (χ0) is 9.26. The monoisotopic (exact) mass is 182 g/mol. The van der Waals surface area contributed by atoms with Crippen molar-refractivity contribution in [2.24, 2.45) is 11.7 Å². The number of hydrogen-bond acceptors (Lipinski definition) is 2. The highest BCUT2D eigenvalue weighted by atomic mass is 15.2. The summed E-state index contributed by atoms with van der Waals surface area (Å²) in [6.45, 7) is 4.36. The summed E-state index contributed by atoms with van der Waals surface area (Å²) in [5, 5.41) is 0. The van der Waals surface area contributed by atoms with Gasteiger partial charge in [0.25, 0.3) is 0 Å². The van der Waals surface area contributed by atoms with Crippen molar-refractivity contribution >= 4 is 0 Å². The summed E-state index contributed by atoms with van der Waals surface area (Å²) >= 11 is 0. The first-order valence-corrected chi connectivity index (χ1v) is 5.77. The van der Waals surface area contributed by atoms with Crippen molar-refractivity contribution in [1.82, 2.24) is 4.90 Å². The Hall–Kier alpha value is -0.0800. The Balaban J connectivity index is 1.91. The van der Waals surface area contributed by atoms with Gasteiger partial charge in [-0.3, -0.25) is 4.90 Å². The summed E-state index contributed by atoms with van der Waals surface area (Å²) < 4.78 is 0. The Kier molecular flexibility index (Phi) is 2.89. The van der Waals surface area contributed by atoms with Gasteiger partial charge in [0.1, 0.15) is 0 Å². The van der Waals surface area contributed by atoms with E-state index >= 15 is 0 Å². The van der Waals surface area contributed by atoms with Gasteiger partial charge in [-0.2, -0.15) is 0 Å². The third-order valence-electron chi connectivity index (χ3n) is 3.77. The van der Waals surface area contributed by atoms with Gasteiger partial charge in [-0.1, -0.05) is 13.3 Å². The van der Waals surface area contributed by atoms with E-state index in [9.17, 15) is 0 Å². The summed E-state index contributed by atoms with van der Waals surface area (Å²) in [5.41, 5.74) is 5.67. The molecule has 0 amide bonds. The molecule has 2 aliphatic heterocycles. The van der Waals surface area contributed by atoms with Crippen LogP contribution in [0.2, 0.25) is 0 Å². The molecule has 0 aliphatic carbocycles. The molecule has 2 aliphatic rings. The fourth-order valence-electron chi connectivity index (χ4n) is 2.96. The van der Waals surface area contributed by atoms with Gasteiger partial charge >= 0.3 is 0 Å². The van der Waals surface area contributed by atoms with Crippen LogP contribution in [0.1, 0.15) is 39.0 Å². The summed E-state index contributed by atoms with van der Waals surface area (Å²) in [6.07, 6.45) is 7.23. The summed E-state index contributed by atoms with van der Waals surface area (Å²) in [6, 6.07) is 1.82. The third-order valence-corrected chi connectivity index (χ3v) is 3.77. The van der Waals surface area contributed by atoms with Crippen molar-refractivity contribution in [2.75, 3.05) is 13.1 Å². The average molecular weight is 182 g/mol. The first-order chi connectivity index (χ1) is 6.31. The van der Waals surface area contributed by atoms with Crippen molar-refractivity contribution in [3.05, 3.63) is 0 Å². The van der Waals surface area contributed by atoms with Crippen LogP contribution in [0.15, 0.2) is 0 Å². The lowest BCUT2D eigenvalue weighted by atomic mass is 10.0. The summed E-state index contributed by atoms with van der Waals surface area (Å²) in [4.78, 5) is 2.74. The van der Waals surface area contributed by atoms with Crippen molar-refractivity contribution in [1.29, 1.82) is 0 Å². The number of piperidine rings is 1. The second kappa shape index (κ2) is 3.97. The number of hydrogen-bond donors (Lipinski definition) is 1. The highest BCUT2D eigenvalue weighted by molar-refractivity contribution is 4.92. The number of rotatable bonds is 3. The SMILES string of the molecule is CC(CN)CN1C2CCCC1CC2. The Bertz CT molecular complexity index is 153. The molecular weight excluding hydrogens is 160 g/mol. The molecule has 0 radical (unpaired) electrons. The topological polar surface area (TPSA) is 29.3 Å².